The average Bonchev–Trinajstić information content (AvgIpc) is 3.36. The van der Waals surface area contributed by atoms with Crippen LogP contribution in [0.25, 0.3) is 16.7 Å². The largest absolute Gasteiger partial charge is 0.434 e. The maximum atomic E-state index is 13.9. The topological polar surface area (TPSA) is 64.7 Å². The summed E-state index contributed by atoms with van der Waals surface area (Å²) in [6, 6.07) is 10.4. The van der Waals surface area contributed by atoms with Crippen molar-refractivity contribution in [3.8, 4) is 5.69 Å². The smallest absolute Gasteiger partial charge is 0.342 e. The molecule has 1 atom stereocenters. The van der Waals surface area contributed by atoms with Gasteiger partial charge in [-0.1, -0.05) is 23.7 Å². The van der Waals surface area contributed by atoms with Crippen LogP contribution in [0.2, 0.25) is 5.02 Å². The zero-order chi connectivity index (χ0) is 23.9. The Bertz CT molecular complexity index is 1310. The van der Waals surface area contributed by atoms with Gasteiger partial charge in [0.15, 0.2) is 5.69 Å². The Kier molecular flexibility index (Phi) is 5.83. The molecule has 4 rings (SSSR count). The Morgan fingerprint density at radius 2 is 1.76 bits per heavy atom. The fraction of sp³-hybridized carbons (Fsp3) is 0.190. The quantitative estimate of drug-likeness (QED) is 0.366. The first-order valence-electron chi connectivity index (χ1n) is 9.55. The Morgan fingerprint density at radius 1 is 1.09 bits per heavy atom. The van der Waals surface area contributed by atoms with Crippen molar-refractivity contribution >= 4 is 28.5 Å². The maximum Gasteiger partial charge on any atom is 0.434 e. The SMILES string of the molecule is CC(NC(=O)c1cnn(-c2ccc(Cl)cc2)c1C(F)(F)F)c1nc2ccccc2n1C(F)F. The minimum atomic E-state index is -4.93. The Hall–Kier alpha value is -3.47. The van der Waals surface area contributed by atoms with E-state index in [1.807, 2.05) is 0 Å². The number of halogens is 6. The van der Waals surface area contributed by atoms with Crippen LogP contribution in [0.15, 0.2) is 54.7 Å². The van der Waals surface area contributed by atoms with Crippen LogP contribution in [0.1, 0.15) is 41.4 Å². The number of nitrogens with zero attached hydrogens (tertiary/aromatic N) is 4. The molecule has 1 unspecified atom stereocenters. The molecular formula is C21H15ClF5N5O. The highest BCUT2D eigenvalue weighted by atomic mass is 35.5. The molecule has 2 heterocycles. The van der Waals surface area contributed by atoms with Crippen LogP contribution in [0.5, 0.6) is 0 Å². The first kappa shape index (κ1) is 22.7. The van der Waals surface area contributed by atoms with Crippen molar-refractivity contribution in [1.29, 1.82) is 0 Å². The van der Waals surface area contributed by atoms with Gasteiger partial charge in [-0.2, -0.15) is 27.1 Å². The van der Waals surface area contributed by atoms with Crippen LogP contribution >= 0.6 is 11.6 Å². The van der Waals surface area contributed by atoms with E-state index < -0.39 is 35.9 Å². The molecule has 0 fully saturated rings. The molecule has 0 bridgehead atoms. The minimum Gasteiger partial charge on any atom is -0.342 e. The third kappa shape index (κ3) is 4.28. The molecule has 0 aliphatic heterocycles. The van der Waals surface area contributed by atoms with E-state index in [2.05, 4.69) is 15.4 Å². The average molecular weight is 484 g/mol. The van der Waals surface area contributed by atoms with E-state index in [-0.39, 0.29) is 22.5 Å². The summed E-state index contributed by atoms with van der Waals surface area (Å²) < 4.78 is 70.1. The molecule has 0 radical (unpaired) electrons. The summed E-state index contributed by atoms with van der Waals surface area (Å²) in [7, 11) is 0. The van der Waals surface area contributed by atoms with E-state index in [0.717, 1.165) is 6.20 Å². The van der Waals surface area contributed by atoms with Gasteiger partial charge >= 0.3 is 12.7 Å². The third-order valence-electron chi connectivity index (χ3n) is 4.91. The standard InChI is InChI=1S/C21H15ClF5N5O/c1-11(18-30-15-4-2-3-5-16(15)31(18)20(23)24)29-19(33)14-10-28-32(17(14)21(25,26)27)13-8-6-12(22)7-9-13/h2-11,20H,1H3,(H,29,33). The van der Waals surface area contributed by atoms with E-state index in [1.165, 1.54) is 43.3 Å². The molecular weight excluding hydrogens is 469 g/mol. The van der Waals surface area contributed by atoms with Gasteiger partial charge in [0.2, 0.25) is 0 Å². The highest BCUT2D eigenvalue weighted by Crippen LogP contribution is 2.34. The minimum absolute atomic E-state index is 0.0401. The lowest BCUT2D eigenvalue weighted by atomic mass is 10.2. The first-order chi connectivity index (χ1) is 15.6. The molecule has 6 nitrogen and oxygen atoms in total. The molecule has 0 spiro atoms. The number of alkyl halides is 5. The first-order valence-corrected chi connectivity index (χ1v) is 9.92. The maximum absolute atomic E-state index is 13.9. The zero-order valence-electron chi connectivity index (χ0n) is 16.8. The second-order valence-corrected chi connectivity index (χ2v) is 7.53. The number of fused-ring (bicyclic) bond motifs is 1. The number of amides is 1. The predicted octanol–water partition coefficient (Wildman–Crippen LogP) is 5.78. The van der Waals surface area contributed by atoms with Crippen LogP contribution < -0.4 is 5.32 Å². The molecule has 4 aromatic rings. The molecule has 172 valence electrons. The molecule has 2 aromatic heterocycles. The van der Waals surface area contributed by atoms with Crippen molar-refractivity contribution in [3.63, 3.8) is 0 Å². The van der Waals surface area contributed by atoms with Gasteiger partial charge in [0.25, 0.3) is 5.91 Å². The monoisotopic (exact) mass is 483 g/mol. The molecule has 1 amide bonds. The second-order valence-electron chi connectivity index (χ2n) is 7.09. The number of hydrogen-bond donors (Lipinski definition) is 1. The normalized spacial score (nSPS) is 13.0. The third-order valence-corrected chi connectivity index (χ3v) is 5.16. The van der Waals surface area contributed by atoms with Gasteiger partial charge in [0.05, 0.1) is 34.5 Å². The van der Waals surface area contributed by atoms with Gasteiger partial charge in [-0.25, -0.2) is 9.67 Å². The van der Waals surface area contributed by atoms with E-state index in [4.69, 9.17) is 11.6 Å². The Balaban J connectivity index is 1.70. The molecule has 33 heavy (non-hydrogen) atoms. The summed E-state index contributed by atoms with van der Waals surface area (Å²) >= 11 is 5.79. The summed E-state index contributed by atoms with van der Waals surface area (Å²) in [5, 5.41) is 6.35. The number of rotatable bonds is 5. The van der Waals surface area contributed by atoms with E-state index >= 15 is 0 Å². The van der Waals surface area contributed by atoms with Crippen LogP contribution in [0, 0.1) is 0 Å². The van der Waals surface area contributed by atoms with Crippen LogP contribution in [0.4, 0.5) is 22.0 Å². The lowest BCUT2D eigenvalue weighted by Crippen LogP contribution is -2.30. The second kappa shape index (κ2) is 8.47. The zero-order valence-corrected chi connectivity index (χ0v) is 17.6. The number of benzene rings is 2. The van der Waals surface area contributed by atoms with Gasteiger partial charge in [0.1, 0.15) is 5.82 Å². The van der Waals surface area contributed by atoms with Crippen LogP contribution in [-0.2, 0) is 6.18 Å². The summed E-state index contributed by atoms with van der Waals surface area (Å²) in [6.07, 6.45) is -4.16. The number of para-hydroxylation sites is 2. The number of aromatic nitrogens is 4. The Morgan fingerprint density at radius 3 is 2.39 bits per heavy atom. The van der Waals surface area contributed by atoms with Gasteiger partial charge in [-0.15, -0.1) is 0 Å². The molecule has 0 aliphatic carbocycles. The van der Waals surface area contributed by atoms with Crippen molar-refractivity contribution in [1.82, 2.24) is 24.6 Å². The highest BCUT2D eigenvalue weighted by molar-refractivity contribution is 6.30. The molecule has 0 saturated carbocycles. The molecule has 0 saturated heterocycles. The number of nitrogens with one attached hydrogen (secondary N) is 1. The van der Waals surface area contributed by atoms with Gasteiger partial charge in [-0.3, -0.25) is 9.36 Å². The van der Waals surface area contributed by atoms with Crippen molar-refractivity contribution in [2.24, 2.45) is 0 Å². The van der Waals surface area contributed by atoms with Crippen LogP contribution in [0.3, 0.4) is 0 Å². The highest BCUT2D eigenvalue weighted by Gasteiger charge is 2.41. The van der Waals surface area contributed by atoms with Gasteiger partial charge in [0, 0.05) is 5.02 Å². The lowest BCUT2D eigenvalue weighted by molar-refractivity contribution is -0.143. The van der Waals surface area contributed by atoms with E-state index in [1.54, 1.807) is 12.1 Å². The summed E-state index contributed by atoms with van der Waals surface area (Å²) in [5.74, 6) is -1.33. The Labute approximate surface area is 188 Å². The lowest BCUT2D eigenvalue weighted by Gasteiger charge is -2.17. The van der Waals surface area contributed by atoms with Crippen molar-refractivity contribution in [2.75, 3.05) is 0 Å². The molecule has 1 N–H and O–H groups in total. The molecule has 0 aliphatic rings. The van der Waals surface area contributed by atoms with Gasteiger partial charge < -0.3 is 5.32 Å². The fourth-order valence-electron chi connectivity index (χ4n) is 3.48. The summed E-state index contributed by atoms with van der Waals surface area (Å²) in [6.45, 7) is -1.61. The van der Waals surface area contributed by atoms with Crippen molar-refractivity contribution in [2.45, 2.75) is 25.7 Å². The predicted molar refractivity (Wildman–Crippen MR) is 110 cm³/mol. The number of carbonyl (C=O) groups excluding carboxylic acids is 1. The molecule has 2 aromatic carbocycles. The van der Waals surface area contributed by atoms with E-state index in [0.29, 0.717) is 14.3 Å². The van der Waals surface area contributed by atoms with Crippen molar-refractivity contribution in [3.05, 3.63) is 76.8 Å². The van der Waals surface area contributed by atoms with Crippen molar-refractivity contribution < 1.29 is 26.7 Å². The van der Waals surface area contributed by atoms with Gasteiger partial charge in [-0.05, 0) is 43.3 Å². The van der Waals surface area contributed by atoms with E-state index in [9.17, 15) is 26.7 Å². The summed E-state index contributed by atoms with van der Waals surface area (Å²) in [5.41, 5.74) is -1.63. The molecule has 12 heteroatoms. The number of carbonyl (C=O) groups is 1. The summed E-state index contributed by atoms with van der Waals surface area (Å²) in [4.78, 5) is 16.9. The number of imidazole rings is 1. The fourth-order valence-corrected chi connectivity index (χ4v) is 3.60. The van der Waals surface area contributed by atoms with Crippen LogP contribution in [-0.4, -0.2) is 25.2 Å². The number of hydrogen-bond acceptors (Lipinski definition) is 3.